The molecule has 130 valence electrons. The number of hydrogen-bond acceptors (Lipinski definition) is 5. The number of pyridine rings is 1. The smallest absolute Gasteiger partial charge is 0.407 e. The van der Waals surface area contributed by atoms with E-state index in [4.69, 9.17) is 14.7 Å². The number of amides is 1. The summed E-state index contributed by atoms with van der Waals surface area (Å²) in [5.74, 6) is 1.00. The molecule has 1 amide bonds. The Morgan fingerprint density at radius 2 is 1.96 bits per heavy atom. The number of benzene rings is 1. The van der Waals surface area contributed by atoms with Crippen molar-refractivity contribution in [3.8, 4) is 17.7 Å². The summed E-state index contributed by atoms with van der Waals surface area (Å²) in [7, 11) is 0. The molecule has 0 saturated heterocycles. The first-order valence-electron chi connectivity index (χ1n) is 7.95. The lowest BCUT2D eigenvalue weighted by Crippen LogP contribution is -2.33. The Hall–Kier alpha value is -3.07. The number of carbonyl (C=O) groups excluding carboxylic acids is 1. The van der Waals surface area contributed by atoms with E-state index >= 15 is 0 Å². The zero-order valence-electron chi connectivity index (χ0n) is 14.6. The molecule has 1 heterocycles. The summed E-state index contributed by atoms with van der Waals surface area (Å²) in [6.07, 6.45) is 1.79. The monoisotopic (exact) mass is 339 g/mol. The fourth-order valence-corrected chi connectivity index (χ4v) is 2.00. The molecule has 25 heavy (non-hydrogen) atoms. The molecule has 0 bridgehead atoms. The maximum Gasteiger partial charge on any atom is 0.407 e. The topological polar surface area (TPSA) is 84.2 Å². The number of nitrogens with zero attached hydrogens (tertiary/aromatic N) is 2. The minimum Gasteiger partial charge on any atom is -0.444 e. The fraction of sp³-hybridized carbons (Fsp3) is 0.316. The molecule has 0 unspecified atom stereocenters. The number of carbonyl (C=O) groups is 1. The van der Waals surface area contributed by atoms with Crippen LogP contribution in [0.5, 0.6) is 11.6 Å². The lowest BCUT2D eigenvalue weighted by molar-refractivity contribution is 0.0528. The van der Waals surface area contributed by atoms with Crippen LogP contribution in [-0.4, -0.2) is 23.2 Å². The largest absolute Gasteiger partial charge is 0.444 e. The number of aromatic nitrogens is 1. The third-order valence-electron chi connectivity index (χ3n) is 3.09. The minimum absolute atomic E-state index is 0.374. The highest BCUT2D eigenvalue weighted by molar-refractivity contribution is 5.67. The van der Waals surface area contributed by atoms with Crippen molar-refractivity contribution in [2.75, 3.05) is 6.54 Å². The van der Waals surface area contributed by atoms with E-state index in [9.17, 15) is 4.79 Å². The average Bonchev–Trinajstić information content (AvgIpc) is 2.55. The van der Waals surface area contributed by atoms with Crippen LogP contribution in [0, 0.1) is 11.3 Å². The van der Waals surface area contributed by atoms with Gasteiger partial charge in [-0.3, -0.25) is 0 Å². The van der Waals surface area contributed by atoms with Gasteiger partial charge < -0.3 is 14.8 Å². The molecule has 0 spiro atoms. The van der Waals surface area contributed by atoms with Gasteiger partial charge in [0, 0.05) is 18.8 Å². The average molecular weight is 339 g/mol. The Kier molecular flexibility index (Phi) is 5.96. The lowest BCUT2D eigenvalue weighted by Gasteiger charge is -2.19. The molecule has 1 aromatic carbocycles. The first-order chi connectivity index (χ1) is 11.9. The summed E-state index contributed by atoms with van der Waals surface area (Å²) in [5, 5.41) is 11.6. The molecule has 0 atom stereocenters. The second kappa shape index (κ2) is 8.15. The van der Waals surface area contributed by atoms with Crippen LogP contribution in [0.1, 0.15) is 31.9 Å². The SMILES string of the molecule is CC(C)(C)OC(=O)NCCc1ccc(Oc2cc(C#N)ccn2)cc1. The summed E-state index contributed by atoms with van der Waals surface area (Å²) in [4.78, 5) is 15.6. The van der Waals surface area contributed by atoms with E-state index in [2.05, 4.69) is 10.3 Å². The number of alkyl carbamates (subject to hydrolysis) is 1. The quantitative estimate of drug-likeness (QED) is 0.895. The number of hydrogen-bond donors (Lipinski definition) is 1. The van der Waals surface area contributed by atoms with Gasteiger partial charge in [-0.2, -0.15) is 5.26 Å². The van der Waals surface area contributed by atoms with Gasteiger partial charge in [0.1, 0.15) is 11.4 Å². The van der Waals surface area contributed by atoms with Crippen LogP contribution >= 0.6 is 0 Å². The molecule has 2 rings (SSSR count). The third kappa shape index (κ3) is 6.51. The highest BCUT2D eigenvalue weighted by Gasteiger charge is 2.15. The first-order valence-corrected chi connectivity index (χ1v) is 7.95. The van der Waals surface area contributed by atoms with Crippen LogP contribution in [0.15, 0.2) is 42.6 Å². The van der Waals surface area contributed by atoms with Crippen molar-refractivity contribution in [3.05, 3.63) is 53.7 Å². The van der Waals surface area contributed by atoms with Crippen molar-refractivity contribution in [3.63, 3.8) is 0 Å². The van der Waals surface area contributed by atoms with Gasteiger partial charge in [0.25, 0.3) is 0 Å². The van der Waals surface area contributed by atoms with Crippen molar-refractivity contribution in [1.82, 2.24) is 10.3 Å². The molecule has 2 aromatic rings. The highest BCUT2D eigenvalue weighted by atomic mass is 16.6. The predicted molar refractivity (Wildman–Crippen MR) is 93.4 cm³/mol. The molecule has 0 radical (unpaired) electrons. The third-order valence-corrected chi connectivity index (χ3v) is 3.09. The Bertz CT molecular complexity index is 759. The van der Waals surface area contributed by atoms with Crippen LogP contribution in [0.25, 0.3) is 0 Å². The van der Waals surface area contributed by atoms with Gasteiger partial charge in [0.2, 0.25) is 5.88 Å². The minimum atomic E-state index is -0.500. The Balaban J connectivity index is 1.83. The second-order valence-corrected chi connectivity index (χ2v) is 6.42. The van der Waals surface area contributed by atoms with Crippen LogP contribution < -0.4 is 10.1 Å². The molecule has 6 heteroatoms. The summed E-state index contributed by atoms with van der Waals surface area (Å²) in [6.45, 7) is 5.96. The van der Waals surface area contributed by atoms with Gasteiger partial charge in [0.05, 0.1) is 11.6 Å². The number of nitriles is 1. The predicted octanol–water partition coefficient (Wildman–Crippen LogP) is 3.81. The van der Waals surface area contributed by atoms with E-state index in [0.717, 1.165) is 5.56 Å². The van der Waals surface area contributed by atoms with E-state index in [1.54, 1.807) is 12.1 Å². The zero-order valence-corrected chi connectivity index (χ0v) is 14.6. The maximum atomic E-state index is 11.6. The number of ether oxygens (including phenoxy) is 2. The van der Waals surface area contributed by atoms with Gasteiger partial charge in [-0.05, 0) is 51.0 Å². The van der Waals surface area contributed by atoms with Gasteiger partial charge >= 0.3 is 6.09 Å². The molecule has 0 aliphatic rings. The summed E-state index contributed by atoms with van der Waals surface area (Å²) >= 11 is 0. The fourth-order valence-electron chi connectivity index (χ4n) is 2.00. The van der Waals surface area contributed by atoms with Gasteiger partial charge in [-0.25, -0.2) is 9.78 Å². The Morgan fingerprint density at radius 1 is 1.24 bits per heavy atom. The van der Waals surface area contributed by atoms with Crippen LogP contribution in [0.3, 0.4) is 0 Å². The standard InChI is InChI=1S/C19H21N3O3/c1-19(2,3)25-18(23)22-11-8-14-4-6-16(7-5-14)24-17-12-15(13-20)9-10-21-17/h4-7,9-10,12H,8,11H2,1-3H3,(H,22,23). The normalized spacial score (nSPS) is 10.6. The molecule has 0 fully saturated rings. The Labute approximate surface area is 147 Å². The number of nitrogens with one attached hydrogen (secondary N) is 1. The zero-order chi connectivity index (χ0) is 18.3. The molecule has 6 nitrogen and oxygen atoms in total. The number of rotatable bonds is 5. The Morgan fingerprint density at radius 3 is 2.60 bits per heavy atom. The molecule has 0 aliphatic carbocycles. The van der Waals surface area contributed by atoms with Crippen molar-refractivity contribution in [2.45, 2.75) is 32.8 Å². The van der Waals surface area contributed by atoms with Gasteiger partial charge in [-0.1, -0.05) is 12.1 Å². The molecular weight excluding hydrogens is 318 g/mol. The molecule has 1 aromatic heterocycles. The van der Waals surface area contributed by atoms with E-state index < -0.39 is 11.7 Å². The van der Waals surface area contributed by atoms with E-state index in [1.165, 1.54) is 6.20 Å². The van der Waals surface area contributed by atoms with Crippen molar-refractivity contribution in [1.29, 1.82) is 5.26 Å². The van der Waals surface area contributed by atoms with Crippen molar-refractivity contribution >= 4 is 6.09 Å². The van der Waals surface area contributed by atoms with Crippen molar-refractivity contribution < 1.29 is 14.3 Å². The van der Waals surface area contributed by atoms with Crippen molar-refractivity contribution in [2.24, 2.45) is 0 Å². The summed E-state index contributed by atoms with van der Waals surface area (Å²) in [5.41, 5.74) is 1.05. The molecule has 0 saturated carbocycles. The molecule has 0 aliphatic heterocycles. The van der Waals surface area contributed by atoms with Crippen LogP contribution in [0.4, 0.5) is 4.79 Å². The first kappa shape index (κ1) is 18.3. The molecular formula is C19H21N3O3. The van der Waals surface area contributed by atoms with Crippen LogP contribution in [0.2, 0.25) is 0 Å². The lowest BCUT2D eigenvalue weighted by atomic mass is 10.1. The van der Waals surface area contributed by atoms with E-state index in [-0.39, 0.29) is 0 Å². The maximum absolute atomic E-state index is 11.6. The van der Waals surface area contributed by atoms with E-state index in [1.807, 2.05) is 51.1 Å². The summed E-state index contributed by atoms with van der Waals surface area (Å²) < 4.78 is 10.8. The summed E-state index contributed by atoms with van der Waals surface area (Å²) in [6, 6.07) is 12.7. The van der Waals surface area contributed by atoms with Gasteiger partial charge in [-0.15, -0.1) is 0 Å². The molecule has 1 N–H and O–H groups in total. The second-order valence-electron chi connectivity index (χ2n) is 6.42. The van der Waals surface area contributed by atoms with Gasteiger partial charge in [0.15, 0.2) is 0 Å². The highest BCUT2D eigenvalue weighted by Crippen LogP contribution is 2.20. The van der Waals surface area contributed by atoms with E-state index in [0.29, 0.717) is 30.2 Å². The van der Waals surface area contributed by atoms with Crippen LogP contribution in [-0.2, 0) is 11.2 Å².